The lowest BCUT2D eigenvalue weighted by Gasteiger charge is -2.11. The van der Waals surface area contributed by atoms with Crippen LogP contribution in [0.3, 0.4) is 0 Å². The highest BCUT2D eigenvalue weighted by molar-refractivity contribution is 7.99. The van der Waals surface area contributed by atoms with E-state index < -0.39 is 17.7 Å². The molecule has 0 saturated heterocycles. The smallest absolute Gasteiger partial charge is 0.164 e. The van der Waals surface area contributed by atoms with Crippen LogP contribution in [0.2, 0.25) is 0 Å². The first-order valence-corrected chi connectivity index (χ1v) is 6.57. The highest BCUT2D eigenvalue weighted by atomic mass is 32.2. The van der Waals surface area contributed by atoms with E-state index in [9.17, 15) is 18.3 Å². The molecule has 0 aliphatic rings. The Morgan fingerprint density at radius 3 is 2.37 bits per heavy atom. The molecule has 0 aliphatic carbocycles. The Morgan fingerprint density at radius 2 is 1.68 bits per heavy atom. The summed E-state index contributed by atoms with van der Waals surface area (Å²) in [6.45, 7) is 0. The highest BCUT2D eigenvalue weighted by Crippen LogP contribution is 2.26. The van der Waals surface area contributed by atoms with Gasteiger partial charge in [-0.1, -0.05) is 12.1 Å². The molecule has 0 spiro atoms. The molecule has 1 atom stereocenters. The molecular formula is C14H11F3OS. The largest absolute Gasteiger partial charge is 0.387 e. The Bertz CT molecular complexity index is 557. The molecule has 2 rings (SSSR count). The van der Waals surface area contributed by atoms with Crippen LogP contribution < -0.4 is 0 Å². The summed E-state index contributed by atoms with van der Waals surface area (Å²) >= 11 is 1.24. The van der Waals surface area contributed by atoms with Gasteiger partial charge in [0.2, 0.25) is 0 Å². The Balaban J connectivity index is 2.03. The van der Waals surface area contributed by atoms with E-state index in [0.717, 1.165) is 11.0 Å². The molecule has 1 N–H and O–H groups in total. The van der Waals surface area contributed by atoms with Crippen molar-refractivity contribution in [1.29, 1.82) is 0 Å². The highest BCUT2D eigenvalue weighted by Gasteiger charge is 2.15. The molecule has 0 saturated carbocycles. The van der Waals surface area contributed by atoms with Crippen molar-refractivity contribution in [3.63, 3.8) is 0 Å². The molecular weight excluding hydrogens is 273 g/mol. The summed E-state index contributed by atoms with van der Waals surface area (Å²) in [5.74, 6) is -2.20. The normalized spacial score (nSPS) is 12.4. The third-order valence-electron chi connectivity index (χ3n) is 2.56. The first-order chi connectivity index (χ1) is 9.08. The zero-order valence-electron chi connectivity index (χ0n) is 9.82. The number of hydrogen-bond acceptors (Lipinski definition) is 2. The summed E-state index contributed by atoms with van der Waals surface area (Å²) in [4.78, 5) is 0.747. The molecule has 0 fully saturated rings. The lowest BCUT2D eigenvalue weighted by Crippen LogP contribution is -2.05. The number of rotatable bonds is 4. The molecule has 0 bridgehead atoms. The van der Waals surface area contributed by atoms with Gasteiger partial charge >= 0.3 is 0 Å². The van der Waals surface area contributed by atoms with Crippen molar-refractivity contribution in [3.05, 3.63) is 65.5 Å². The minimum Gasteiger partial charge on any atom is -0.387 e. The van der Waals surface area contributed by atoms with Crippen LogP contribution in [0.15, 0.2) is 47.4 Å². The van der Waals surface area contributed by atoms with Gasteiger partial charge in [-0.15, -0.1) is 11.8 Å². The van der Waals surface area contributed by atoms with Crippen molar-refractivity contribution in [1.82, 2.24) is 0 Å². The molecule has 2 aromatic carbocycles. The second-order valence-electron chi connectivity index (χ2n) is 3.92. The summed E-state index contributed by atoms with van der Waals surface area (Å²) in [5, 5.41) is 9.84. The number of aliphatic hydroxyl groups is 1. The standard InChI is InChI=1S/C14H11F3OS/c15-9-4-6-10(7-5-9)19-8-13(18)11-2-1-3-12(16)14(11)17/h1-7,13,18H,8H2. The maximum Gasteiger partial charge on any atom is 0.164 e. The van der Waals surface area contributed by atoms with Gasteiger partial charge in [-0.2, -0.15) is 0 Å². The fourth-order valence-corrected chi connectivity index (χ4v) is 2.43. The fourth-order valence-electron chi connectivity index (χ4n) is 1.57. The zero-order valence-corrected chi connectivity index (χ0v) is 10.6. The third-order valence-corrected chi connectivity index (χ3v) is 3.65. The molecule has 0 heterocycles. The fraction of sp³-hybridized carbons (Fsp3) is 0.143. The van der Waals surface area contributed by atoms with Crippen LogP contribution in [-0.2, 0) is 0 Å². The van der Waals surface area contributed by atoms with Crippen LogP contribution in [-0.4, -0.2) is 10.9 Å². The summed E-state index contributed by atoms with van der Waals surface area (Å²) in [6.07, 6.45) is -1.12. The van der Waals surface area contributed by atoms with Gasteiger partial charge in [-0.05, 0) is 30.3 Å². The molecule has 19 heavy (non-hydrogen) atoms. The minimum atomic E-state index is -1.12. The van der Waals surface area contributed by atoms with Crippen molar-refractivity contribution >= 4 is 11.8 Å². The number of hydrogen-bond donors (Lipinski definition) is 1. The van der Waals surface area contributed by atoms with E-state index in [1.165, 1.54) is 36.0 Å². The maximum absolute atomic E-state index is 13.4. The second kappa shape index (κ2) is 6.12. The molecule has 0 amide bonds. The average molecular weight is 284 g/mol. The first-order valence-electron chi connectivity index (χ1n) is 5.58. The first kappa shape index (κ1) is 14.0. The van der Waals surface area contributed by atoms with E-state index in [4.69, 9.17) is 0 Å². The summed E-state index contributed by atoms with van der Waals surface area (Å²) in [7, 11) is 0. The van der Waals surface area contributed by atoms with E-state index in [1.807, 2.05) is 0 Å². The predicted octanol–water partition coefficient (Wildman–Crippen LogP) is 3.93. The lowest BCUT2D eigenvalue weighted by molar-refractivity contribution is 0.197. The van der Waals surface area contributed by atoms with Crippen LogP contribution >= 0.6 is 11.8 Å². The SMILES string of the molecule is OC(CSc1ccc(F)cc1)c1cccc(F)c1F. The van der Waals surface area contributed by atoms with Crippen molar-refractivity contribution in [2.75, 3.05) is 5.75 Å². The van der Waals surface area contributed by atoms with E-state index in [0.29, 0.717) is 0 Å². The number of benzene rings is 2. The van der Waals surface area contributed by atoms with E-state index >= 15 is 0 Å². The second-order valence-corrected chi connectivity index (χ2v) is 5.02. The van der Waals surface area contributed by atoms with Crippen LogP contribution in [0.4, 0.5) is 13.2 Å². The summed E-state index contributed by atoms with van der Waals surface area (Å²) in [5.41, 5.74) is -0.0744. The maximum atomic E-state index is 13.4. The Kier molecular flexibility index (Phi) is 4.50. The van der Waals surface area contributed by atoms with Crippen LogP contribution in [0.25, 0.3) is 0 Å². The van der Waals surface area contributed by atoms with Crippen molar-refractivity contribution in [2.45, 2.75) is 11.0 Å². The van der Waals surface area contributed by atoms with Crippen molar-refractivity contribution < 1.29 is 18.3 Å². The van der Waals surface area contributed by atoms with E-state index in [2.05, 4.69) is 0 Å². The molecule has 0 radical (unpaired) electrons. The zero-order chi connectivity index (χ0) is 13.8. The van der Waals surface area contributed by atoms with Gasteiger partial charge < -0.3 is 5.11 Å². The predicted molar refractivity (Wildman–Crippen MR) is 68.4 cm³/mol. The van der Waals surface area contributed by atoms with Crippen molar-refractivity contribution in [3.8, 4) is 0 Å². The van der Waals surface area contributed by atoms with E-state index in [-0.39, 0.29) is 17.1 Å². The van der Waals surface area contributed by atoms with Gasteiger partial charge in [0.05, 0.1) is 6.10 Å². The molecule has 2 aromatic rings. The molecule has 0 aliphatic heterocycles. The lowest BCUT2D eigenvalue weighted by atomic mass is 10.1. The Morgan fingerprint density at radius 1 is 1.00 bits per heavy atom. The van der Waals surface area contributed by atoms with E-state index in [1.54, 1.807) is 12.1 Å². The molecule has 0 aromatic heterocycles. The monoisotopic (exact) mass is 284 g/mol. The molecule has 1 nitrogen and oxygen atoms in total. The Hall–Kier alpha value is -1.46. The summed E-state index contributed by atoms with van der Waals surface area (Å²) in [6, 6.07) is 9.42. The molecule has 5 heteroatoms. The topological polar surface area (TPSA) is 20.2 Å². The third kappa shape index (κ3) is 3.52. The van der Waals surface area contributed by atoms with Gasteiger partial charge in [0, 0.05) is 16.2 Å². The number of thioether (sulfide) groups is 1. The van der Waals surface area contributed by atoms with Gasteiger partial charge in [0.1, 0.15) is 5.82 Å². The van der Waals surface area contributed by atoms with Crippen LogP contribution in [0.5, 0.6) is 0 Å². The van der Waals surface area contributed by atoms with Gasteiger partial charge in [-0.3, -0.25) is 0 Å². The minimum absolute atomic E-state index is 0.0744. The Labute approximate surface area is 113 Å². The quantitative estimate of drug-likeness (QED) is 0.858. The van der Waals surface area contributed by atoms with Gasteiger partial charge in [0.15, 0.2) is 11.6 Å². The number of aliphatic hydroxyl groups excluding tert-OH is 1. The van der Waals surface area contributed by atoms with Gasteiger partial charge in [0.25, 0.3) is 0 Å². The van der Waals surface area contributed by atoms with Crippen molar-refractivity contribution in [2.24, 2.45) is 0 Å². The summed E-state index contributed by atoms with van der Waals surface area (Å²) < 4.78 is 39.1. The molecule has 1 unspecified atom stereocenters. The average Bonchev–Trinajstić information content (AvgIpc) is 2.41. The van der Waals surface area contributed by atoms with Crippen LogP contribution in [0, 0.1) is 17.5 Å². The number of halogens is 3. The van der Waals surface area contributed by atoms with Crippen LogP contribution in [0.1, 0.15) is 11.7 Å². The van der Waals surface area contributed by atoms with Gasteiger partial charge in [-0.25, -0.2) is 13.2 Å². The molecule has 100 valence electrons.